The average Bonchev–Trinajstić information content (AvgIpc) is 2.78. The number of piperazine rings is 1. The van der Waals surface area contributed by atoms with Gasteiger partial charge in [-0.25, -0.2) is 4.39 Å². The molecule has 7 heteroatoms. The fraction of sp³-hybridized carbons (Fsp3) is 0.348. The highest BCUT2D eigenvalue weighted by molar-refractivity contribution is 5.94. The average molecular weight is 408 g/mol. The van der Waals surface area contributed by atoms with Crippen LogP contribution in [0.2, 0.25) is 0 Å². The van der Waals surface area contributed by atoms with E-state index in [1.54, 1.807) is 0 Å². The lowest BCUT2D eigenvalue weighted by Gasteiger charge is -2.34. The van der Waals surface area contributed by atoms with Crippen molar-refractivity contribution in [1.29, 1.82) is 5.26 Å². The first-order chi connectivity index (χ1) is 14.5. The molecule has 0 unspecified atom stereocenters. The van der Waals surface area contributed by atoms with Gasteiger partial charge in [0.05, 0.1) is 11.6 Å². The summed E-state index contributed by atoms with van der Waals surface area (Å²) in [5.74, 6) is -0.544. The van der Waals surface area contributed by atoms with Gasteiger partial charge in [0.15, 0.2) is 0 Å². The number of benzene rings is 2. The van der Waals surface area contributed by atoms with Crippen LogP contribution in [-0.4, -0.2) is 54.3 Å². The number of hydrogen-bond acceptors (Lipinski definition) is 4. The second-order valence-corrected chi connectivity index (χ2v) is 7.33. The first kappa shape index (κ1) is 21.5. The number of halogens is 1. The zero-order chi connectivity index (χ0) is 21.3. The maximum Gasteiger partial charge on any atom is 0.251 e. The predicted molar refractivity (Wildman–Crippen MR) is 111 cm³/mol. The lowest BCUT2D eigenvalue weighted by Crippen LogP contribution is -2.48. The van der Waals surface area contributed by atoms with E-state index in [0.717, 1.165) is 25.2 Å². The zero-order valence-corrected chi connectivity index (χ0v) is 16.8. The molecule has 6 nitrogen and oxygen atoms in total. The first-order valence-electron chi connectivity index (χ1n) is 10.1. The van der Waals surface area contributed by atoms with Gasteiger partial charge < -0.3 is 10.2 Å². The van der Waals surface area contributed by atoms with Crippen LogP contribution in [0.3, 0.4) is 0 Å². The van der Waals surface area contributed by atoms with Crippen molar-refractivity contribution < 1.29 is 14.0 Å². The summed E-state index contributed by atoms with van der Waals surface area (Å²) in [6.07, 6.45) is 0.955. The second-order valence-electron chi connectivity index (χ2n) is 7.33. The SMILES string of the molecule is N#Cc1ccc(CN2CCN(C(=O)CCCNC(=O)c3ccc(F)cc3)CC2)cc1. The van der Waals surface area contributed by atoms with Crippen molar-refractivity contribution in [2.24, 2.45) is 0 Å². The quantitative estimate of drug-likeness (QED) is 0.715. The standard InChI is InChI=1S/C23H25FN4O2/c24-21-9-7-20(8-10-21)23(30)26-11-1-2-22(29)28-14-12-27(13-15-28)17-19-5-3-18(16-25)4-6-19/h3-10H,1-2,11-15,17H2,(H,26,30). The molecular formula is C23H25FN4O2. The van der Waals surface area contributed by atoms with E-state index >= 15 is 0 Å². The number of nitriles is 1. The first-order valence-corrected chi connectivity index (χ1v) is 10.1. The minimum Gasteiger partial charge on any atom is -0.352 e. The van der Waals surface area contributed by atoms with E-state index in [9.17, 15) is 14.0 Å². The number of carbonyl (C=O) groups excluding carboxylic acids is 2. The molecule has 0 aromatic heterocycles. The van der Waals surface area contributed by atoms with E-state index in [1.165, 1.54) is 24.3 Å². The normalized spacial score (nSPS) is 14.2. The molecule has 0 radical (unpaired) electrons. The Hall–Kier alpha value is -3.24. The minimum absolute atomic E-state index is 0.101. The number of nitrogens with one attached hydrogen (secondary N) is 1. The molecule has 1 aliphatic heterocycles. The molecule has 0 spiro atoms. The van der Waals surface area contributed by atoms with Gasteiger partial charge in [0.2, 0.25) is 5.91 Å². The molecule has 0 bridgehead atoms. The Kier molecular flexibility index (Phi) is 7.52. The molecule has 30 heavy (non-hydrogen) atoms. The maximum atomic E-state index is 12.9. The molecule has 1 heterocycles. The Bertz CT molecular complexity index is 898. The maximum absolute atomic E-state index is 12.9. The van der Waals surface area contributed by atoms with Crippen LogP contribution in [0.25, 0.3) is 0 Å². The van der Waals surface area contributed by atoms with E-state index in [-0.39, 0.29) is 17.6 Å². The van der Waals surface area contributed by atoms with E-state index in [0.29, 0.717) is 43.6 Å². The monoisotopic (exact) mass is 408 g/mol. The molecule has 1 fully saturated rings. The smallest absolute Gasteiger partial charge is 0.251 e. The molecule has 156 valence electrons. The van der Waals surface area contributed by atoms with Crippen LogP contribution in [0.1, 0.15) is 34.3 Å². The molecule has 2 aromatic rings. The van der Waals surface area contributed by atoms with Crippen molar-refractivity contribution in [3.63, 3.8) is 0 Å². The van der Waals surface area contributed by atoms with Crippen molar-refractivity contribution in [3.8, 4) is 6.07 Å². The van der Waals surface area contributed by atoms with Gasteiger partial charge in [0.1, 0.15) is 5.82 Å². The van der Waals surface area contributed by atoms with Crippen LogP contribution >= 0.6 is 0 Å². The summed E-state index contributed by atoms with van der Waals surface area (Å²) in [4.78, 5) is 28.6. The van der Waals surface area contributed by atoms with Crippen molar-refractivity contribution in [1.82, 2.24) is 15.1 Å². The van der Waals surface area contributed by atoms with Gasteiger partial charge in [-0.05, 0) is 48.4 Å². The van der Waals surface area contributed by atoms with Gasteiger partial charge in [-0.2, -0.15) is 5.26 Å². The Balaban J connectivity index is 1.33. The minimum atomic E-state index is -0.380. The molecule has 0 saturated carbocycles. The predicted octanol–water partition coefficient (Wildman–Crippen LogP) is 2.55. The topological polar surface area (TPSA) is 76.4 Å². The second kappa shape index (κ2) is 10.5. The zero-order valence-electron chi connectivity index (χ0n) is 16.8. The van der Waals surface area contributed by atoms with Gasteiger partial charge in [-0.15, -0.1) is 0 Å². The van der Waals surface area contributed by atoms with Gasteiger partial charge in [-0.3, -0.25) is 14.5 Å². The van der Waals surface area contributed by atoms with E-state index in [1.807, 2.05) is 29.2 Å². The molecule has 1 aliphatic rings. The third-order valence-electron chi connectivity index (χ3n) is 5.17. The van der Waals surface area contributed by atoms with Crippen molar-refractivity contribution in [3.05, 3.63) is 71.0 Å². The van der Waals surface area contributed by atoms with E-state index < -0.39 is 0 Å². The molecule has 0 aliphatic carbocycles. The summed E-state index contributed by atoms with van der Waals surface area (Å²) in [5.41, 5.74) is 2.22. The van der Waals surface area contributed by atoms with Gasteiger partial charge in [0, 0.05) is 51.3 Å². The summed E-state index contributed by atoms with van der Waals surface area (Å²) >= 11 is 0. The fourth-order valence-electron chi connectivity index (χ4n) is 3.40. The van der Waals surface area contributed by atoms with Crippen LogP contribution in [0.15, 0.2) is 48.5 Å². The van der Waals surface area contributed by atoms with Gasteiger partial charge >= 0.3 is 0 Å². The van der Waals surface area contributed by atoms with Crippen molar-refractivity contribution in [2.45, 2.75) is 19.4 Å². The van der Waals surface area contributed by atoms with Crippen molar-refractivity contribution in [2.75, 3.05) is 32.7 Å². The van der Waals surface area contributed by atoms with Crippen LogP contribution in [-0.2, 0) is 11.3 Å². The summed E-state index contributed by atoms with van der Waals surface area (Å²) < 4.78 is 12.9. The third-order valence-corrected chi connectivity index (χ3v) is 5.17. The largest absolute Gasteiger partial charge is 0.352 e. The lowest BCUT2D eigenvalue weighted by atomic mass is 10.1. The summed E-state index contributed by atoms with van der Waals surface area (Å²) in [7, 11) is 0. The molecule has 1 N–H and O–H groups in total. The number of carbonyl (C=O) groups is 2. The Morgan fingerprint density at radius 1 is 1.00 bits per heavy atom. The van der Waals surface area contributed by atoms with Crippen LogP contribution < -0.4 is 5.32 Å². The highest BCUT2D eigenvalue weighted by atomic mass is 19.1. The van der Waals surface area contributed by atoms with Gasteiger partial charge in [0.25, 0.3) is 5.91 Å². The highest BCUT2D eigenvalue weighted by Crippen LogP contribution is 2.11. The molecule has 2 aromatic carbocycles. The Morgan fingerprint density at radius 3 is 2.30 bits per heavy atom. The Morgan fingerprint density at radius 2 is 1.67 bits per heavy atom. The van der Waals surface area contributed by atoms with E-state index in [2.05, 4.69) is 16.3 Å². The molecule has 2 amide bonds. The molecule has 3 rings (SSSR count). The summed E-state index contributed by atoms with van der Waals surface area (Å²) in [6.45, 7) is 4.22. The Labute approximate surface area is 175 Å². The highest BCUT2D eigenvalue weighted by Gasteiger charge is 2.20. The van der Waals surface area contributed by atoms with E-state index in [4.69, 9.17) is 5.26 Å². The number of amides is 2. The number of hydrogen-bond donors (Lipinski definition) is 1. The third kappa shape index (κ3) is 6.13. The van der Waals surface area contributed by atoms with Crippen LogP contribution in [0.5, 0.6) is 0 Å². The van der Waals surface area contributed by atoms with Gasteiger partial charge in [-0.1, -0.05) is 12.1 Å². The lowest BCUT2D eigenvalue weighted by molar-refractivity contribution is -0.133. The molecule has 0 atom stereocenters. The fourth-order valence-corrected chi connectivity index (χ4v) is 3.40. The number of rotatable bonds is 7. The molecular weight excluding hydrogens is 383 g/mol. The molecule has 1 saturated heterocycles. The van der Waals surface area contributed by atoms with Crippen molar-refractivity contribution >= 4 is 11.8 Å². The summed E-state index contributed by atoms with van der Waals surface area (Å²) in [5, 5.41) is 11.6. The number of nitrogens with zero attached hydrogens (tertiary/aromatic N) is 3. The summed E-state index contributed by atoms with van der Waals surface area (Å²) in [6, 6.07) is 15.1. The van der Waals surface area contributed by atoms with Crippen LogP contribution in [0.4, 0.5) is 4.39 Å². The van der Waals surface area contributed by atoms with Crippen LogP contribution in [0, 0.1) is 17.1 Å².